The van der Waals surface area contributed by atoms with Crippen LogP contribution in [0.5, 0.6) is 0 Å². The van der Waals surface area contributed by atoms with Crippen LogP contribution in [0.2, 0.25) is 0 Å². The lowest BCUT2D eigenvalue weighted by Gasteiger charge is -2.16. The number of rotatable bonds is 6. The Labute approximate surface area is 194 Å². The number of hydrogen-bond acceptors (Lipinski definition) is 7. The van der Waals surface area contributed by atoms with Crippen LogP contribution in [0.3, 0.4) is 0 Å². The number of halogens is 2. The van der Waals surface area contributed by atoms with Crippen LogP contribution in [0.1, 0.15) is 36.8 Å². The van der Waals surface area contributed by atoms with Gasteiger partial charge in [-0.1, -0.05) is 6.07 Å². The summed E-state index contributed by atoms with van der Waals surface area (Å²) in [6, 6.07) is 6.50. The number of carbonyl (C=O) groups is 1. The molecule has 2 aliphatic rings. The minimum atomic E-state index is -3.61. The first-order valence-electron chi connectivity index (χ1n) is 10.8. The maximum atomic E-state index is 13.3. The minimum absolute atomic E-state index is 0.0447. The number of benzene rings is 1. The summed E-state index contributed by atoms with van der Waals surface area (Å²) in [4.78, 5) is 23.9. The number of fused-ring (bicyclic) bond motifs is 1. The fourth-order valence-electron chi connectivity index (χ4n) is 4.11. The van der Waals surface area contributed by atoms with E-state index in [1.54, 1.807) is 25.1 Å². The van der Waals surface area contributed by atoms with E-state index in [4.69, 9.17) is 4.74 Å². The van der Waals surface area contributed by atoms with Gasteiger partial charge in [-0.15, -0.1) is 0 Å². The van der Waals surface area contributed by atoms with E-state index in [1.807, 2.05) is 0 Å². The SMILES string of the molecule is Cc1nc2c(Nc3ccc([C@@H]4CCCO4)cc3S(C)(=O)=O)cc(NC(=O)C3CC3(F)F)nc2[nH]1. The van der Waals surface area contributed by atoms with Crippen LogP contribution in [0.25, 0.3) is 11.2 Å². The van der Waals surface area contributed by atoms with Crippen molar-refractivity contribution in [1.29, 1.82) is 0 Å². The highest BCUT2D eigenvalue weighted by Gasteiger charge is 2.61. The van der Waals surface area contributed by atoms with E-state index in [0.29, 0.717) is 35.0 Å². The molecule has 2 fully saturated rings. The zero-order chi connectivity index (χ0) is 24.3. The van der Waals surface area contributed by atoms with Gasteiger partial charge < -0.3 is 20.4 Å². The van der Waals surface area contributed by atoms with Crippen LogP contribution < -0.4 is 10.6 Å². The first-order chi connectivity index (χ1) is 16.0. The Morgan fingerprint density at radius 2 is 2.00 bits per heavy atom. The highest BCUT2D eigenvalue weighted by atomic mass is 32.2. The molecule has 1 aliphatic carbocycles. The molecule has 1 amide bonds. The van der Waals surface area contributed by atoms with Crippen molar-refractivity contribution in [3.8, 4) is 0 Å². The van der Waals surface area contributed by atoms with E-state index in [-0.39, 0.29) is 16.8 Å². The molecule has 2 atom stereocenters. The van der Waals surface area contributed by atoms with Gasteiger partial charge in [0.1, 0.15) is 23.1 Å². The minimum Gasteiger partial charge on any atom is -0.374 e. The number of anilines is 3. The molecular weight excluding hydrogens is 468 g/mol. The Morgan fingerprint density at radius 3 is 2.65 bits per heavy atom. The third-order valence-corrected chi connectivity index (χ3v) is 7.08. The fourth-order valence-corrected chi connectivity index (χ4v) is 4.98. The van der Waals surface area contributed by atoms with Crippen molar-refractivity contribution < 1.29 is 26.7 Å². The van der Waals surface area contributed by atoms with Crippen molar-refractivity contribution in [1.82, 2.24) is 15.0 Å². The van der Waals surface area contributed by atoms with Crippen molar-refractivity contribution in [2.45, 2.75) is 43.1 Å². The van der Waals surface area contributed by atoms with E-state index in [0.717, 1.165) is 24.7 Å². The number of ether oxygens (including phenoxy) is 1. The number of nitrogens with one attached hydrogen (secondary N) is 3. The highest BCUT2D eigenvalue weighted by molar-refractivity contribution is 7.90. The van der Waals surface area contributed by atoms with Gasteiger partial charge in [0.05, 0.1) is 22.4 Å². The Kier molecular flexibility index (Phi) is 5.32. The Balaban J connectivity index is 1.52. The van der Waals surface area contributed by atoms with Crippen LogP contribution in [0.4, 0.5) is 26.0 Å². The Morgan fingerprint density at radius 1 is 1.24 bits per heavy atom. The number of nitrogens with zero attached hydrogens (tertiary/aromatic N) is 2. The monoisotopic (exact) mass is 491 g/mol. The van der Waals surface area contributed by atoms with Crippen LogP contribution in [-0.4, -0.2) is 48.1 Å². The molecule has 3 N–H and O–H groups in total. The van der Waals surface area contributed by atoms with Crippen molar-refractivity contribution >= 4 is 44.1 Å². The third-order valence-electron chi connectivity index (χ3n) is 5.94. The first-order valence-corrected chi connectivity index (χ1v) is 12.7. The fraction of sp³-hybridized carbons (Fsp3) is 0.409. The molecule has 34 heavy (non-hydrogen) atoms. The van der Waals surface area contributed by atoms with Gasteiger partial charge in [-0.25, -0.2) is 27.2 Å². The maximum absolute atomic E-state index is 13.3. The van der Waals surface area contributed by atoms with Gasteiger partial charge in [-0.05, 0) is 37.5 Å². The van der Waals surface area contributed by atoms with Crippen molar-refractivity contribution in [2.75, 3.05) is 23.5 Å². The predicted octanol–water partition coefficient (Wildman–Crippen LogP) is 3.86. The van der Waals surface area contributed by atoms with Gasteiger partial charge >= 0.3 is 0 Å². The molecule has 3 aromatic rings. The lowest BCUT2D eigenvalue weighted by molar-refractivity contribution is -0.119. The van der Waals surface area contributed by atoms with Gasteiger partial charge in [0.15, 0.2) is 15.5 Å². The molecule has 5 rings (SSSR count). The second-order valence-electron chi connectivity index (χ2n) is 8.74. The number of imidazole rings is 1. The van der Waals surface area contributed by atoms with E-state index in [2.05, 4.69) is 25.6 Å². The molecule has 0 bridgehead atoms. The number of aromatic amines is 1. The van der Waals surface area contributed by atoms with Crippen LogP contribution in [-0.2, 0) is 19.4 Å². The molecule has 1 saturated heterocycles. The zero-order valence-corrected chi connectivity index (χ0v) is 19.3. The number of carbonyl (C=O) groups excluding carboxylic acids is 1. The van der Waals surface area contributed by atoms with Crippen LogP contribution in [0.15, 0.2) is 29.2 Å². The topological polar surface area (TPSA) is 126 Å². The summed E-state index contributed by atoms with van der Waals surface area (Å²) in [5.41, 5.74) is 2.18. The van der Waals surface area contributed by atoms with Gasteiger partial charge in [0.2, 0.25) is 5.91 Å². The third kappa shape index (κ3) is 4.34. The lowest BCUT2D eigenvalue weighted by atomic mass is 10.1. The standard InChI is InChI=1S/C22H23F2N5O4S/c1-11-25-19-15(9-18(28-20(19)26-11)29-21(30)13-10-22(13,23)24)27-14-6-5-12(16-4-3-7-33-16)8-17(14)34(2,31)32/h5-6,8-9,13,16H,3-4,7,10H2,1-2H3,(H3,25,26,27,28,29,30)/t13?,16-/m0/s1. The molecular formula is C22H23F2N5O4S. The summed E-state index contributed by atoms with van der Waals surface area (Å²) in [6.07, 6.45) is 2.20. The second-order valence-corrected chi connectivity index (χ2v) is 10.7. The molecule has 1 saturated carbocycles. The molecule has 180 valence electrons. The molecule has 0 radical (unpaired) electrons. The Hall–Kier alpha value is -3.12. The van der Waals surface area contributed by atoms with Gasteiger partial charge in [0.25, 0.3) is 5.92 Å². The number of alkyl halides is 2. The number of hydrogen-bond donors (Lipinski definition) is 3. The average Bonchev–Trinajstić information content (AvgIpc) is 3.12. The molecule has 1 aromatic carbocycles. The van der Waals surface area contributed by atoms with Crippen molar-refractivity contribution in [3.05, 3.63) is 35.7 Å². The molecule has 1 aliphatic heterocycles. The highest BCUT2D eigenvalue weighted by Crippen LogP contribution is 2.49. The van der Waals surface area contributed by atoms with Crippen molar-refractivity contribution in [3.63, 3.8) is 0 Å². The van der Waals surface area contributed by atoms with E-state index in [1.165, 1.54) is 6.07 Å². The van der Waals surface area contributed by atoms with Crippen molar-refractivity contribution in [2.24, 2.45) is 5.92 Å². The molecule has 1 unspecified atom stereocenters. The number of aryl methyl sites for hydroxylation is 1. The van der Waals surface area contributed by atoms with Crippen LogP contribution in [0, 0.1) is 12.8 Å². The van der Waals surface area contributed by atoms with Gasteiger partial charge in [-0.3, -0.25) is 4.79 Å². The average molecular weight is 492 g/mol. The summed E-state index contributed by atoms with van der Waals surface area (Å²) in [7, 11) is -3.61. The van der Waals surface area contributed by atoms with Gasteiger partial charge in [-0.2, -0.15) is 0 Å². The number of pyridine rings is 1. The maximum Gasteiger partial charge on any atom is 0.260 e. The number of sulfone groups is 1. The van der Waals surface area contributed by atoms with E-state index >= 15 is 0 Å². The number of aromatic nitrogens is 3. The lowest BCUT2D eigenvalue weighted by Crippen LogP contribution is -2.18. The molecule has 12 heteroatoms. The second kappa shape index (κ2) is 7.98. The summed E-state index contributed by atoms with van der Waals surface area (Å²) in [6.45, 7) is 2.35. The summed E-state index contributed by atoms with van der Waals surface area (Å²) in [5.74, 6) is -4.62. The molecule has 3 heterocycles. The zero-order valence-electron chi connectivity index (χ0n) is 18.5. The van der Waals surface area contributed by atoms with E-state index in [9.17, 15) is 22.0 Å². The Bertz CT molecular complexity index is 1400. The van der Waals surface area contributed by atoms with E-state index < -0.39 is 34.0 Å². The molecule has 0 spiro atoms. The molecule has 2 aromatic heterocycles. The number of amides is 1. The first kappa shape index (κ1) is 22.7. The summed E-state index contributed by atoms with van der Waals surface area (Å²) < 4.78 is 57.5. The number of H-pyrrole nitrogens is 1. The van der Waals surface area contributed by atoms with Gasteiger partial charge in [0, 0.05) is 25.3 Å². The summed E-state index contributed by atoms with van der Waals surface area (Å²) in [5, 5.41) is 5.51. The summed E-state index contributed by atoms with van der Waals surface area (Å²) >= 11 is 0. The normalized spacial score (nSPS) is 21.5. The quantitative estimate of drug-likeness (QED) is 0.478. The smallest absolute Gasteiger partial charge is 0.260 e. The predicted molar refractivity (Wildman–Crippen MR) is 121 cm³/mol. The largest absolute Gasteiger partial charge is 0.374 e. The van der Waals surface area contributed by atoms with Crippen LogP contribution >= 0.6 is 0 Å². The molecule has 9 nitrogen and oxygen atoms in total.